The fourth-order valence-corrected chi connectivity index (χ4v) is 7.70. The van der Waals surface area contributed by atoms with Gasteiger partial charge in [-0.3, -0.25) is 33.9 Å². The van der Waals surface area contributed by atoms with E-state index < -0.39 is 6.29 Å². The van der Waals surface area contributed by atoms with Crippen LogP contribution in [0.3, 0.4) is 0 Å². The quantitative estimate of drug-likeness (QED) is 0.0761. The fraction of sp³-hybridized carbons (Fsp3) is 0.349. The number of carbonyl (C=O) groups is 4. The van der Waals surface area contributed by atoms with E-state index in [-0.39, 0.29) is 50.0 Å². The van der Waals surface area contributed by atoms with Gasteiger partial charge in [0.1, 0.15) is 40.4 Å². The summed E-state index contributed by atoms with van der Waals surface area (Å²) < 4.78 is 19.9. The second kappa shape index (κ2) is 18.0. The van der Waals surface area contributed by atoms with Crippen LogP contribution in [-0.2, 0) is 26.2 Å². The topological polar surface area (TPSA) is 209 Å². The van der Waals surface area contributed by atoms with Gasteiger partial charge in [-0.1, -0.05) is 12.2 Å². The first-order valence-corrected chi connectivity index (χ1v) is 20.7. The van der Waals surface area contributed by atoms with Crippen molar-refractivity contribution in [3.05, 3.63) is 101 Å². The Morgan fingerprint density at radius 3 is 2.32 bits per heavy atom. The van der Waals surface area contributed by atoms with E-state index in [1.165, 1.54) is 0 Å². The fourth-order valence-electron chi connectivity index (χ4n) is 7.70. The maximum atomic E-state index is 13.9. The van der Waals surface area contributed by atoms with Crippen LogP contribution in [-0.4, -0.2) is 95.3 Å². The van der Waals surface area contributed by atoms with Crippen LogP contribution in [0.4, 0.5) is 17.3 Å². The molecule has 2 aliphatic rings. The van der Waals surface area contributed by atoms with Crippen molar-refractivity contribution in [3.8, 4) is 11.5 Å². The molecule has 8 rings (SSSR count). The van der Waals surface area contributed by atoms with E-state index >= 15 is 0 Å². The van der Waals surface area contributed by atoms with Gasteiger partial charge in [0.2, 0.25) is 5.95 Å². The number of aryl methyl sites for hydroxylation is 5. The van der Waals surface area contributed by atoms with Crippen molar-refractivity contribution >= 4 is 52.4 Å². The van der Waals surface area contributed by atoms with Crippen LogP contribution in [0, 0.1) is 13.8 Å². The van der Waals surface area contributed by atoms with Crippen LogP contribution in [0.1, 0.15) is 79.8 Å². The Balaban J connectivity index is 1.13. The Bertz CT molecular complexity index is 2660. The van der Waals surface area contributed by atoms with Gasteiger partial charge in [0.05, 0.1) is 42.1 Å². The zero-order chi connectivity index (χ0) is 43.3. The smallest absolute Gasteiger partial charge is 0.276 e. The highest BCUT2D eigenvalue weighted by Crippen LogP contribution is 2.43. The van der Waals surface area contributed by atoms with E-state index in [4.69, 9.17) is 14.5 Å². The summed E-state index contributed by atoms with van der Waals surface area (Å²) in [5.41, 5.74) is 5.29. The summed E-state index contributed by atoms with van der Waals surface area (Å²) in [4.78, 5) is 64.1. The van der Waals surface area contributed by atoms with Crippen LogP contribution in [0.15, 0.2) is 67.3 Å². The van der Waals surface area contributed by atoms with E-state index in [1.807, 2.05) is 60.1 Å². The first kappa shape index (κ1) is 41.3. The van der Waals surface area contributed by atoms with Crippen LogP contribution in [0.25, 0.3) is 11.0 Å². The predicted octanol–water partition coefficient (Wildman–Crippen LogP) is 4.53. The van der Waals surface area contributed by atoms with Crippen LogP contribution in [0.5, 0.6) is 11.5 Å². The molecular weight excluding hydrogens is 795 g/mol. The summed E-state index contributed by atoms with van der Waals surface area (Å²) in [6.07, 6.45) is 10.3. The number of carbonyl (C=O) groups excluding carboxylic acids is 4. The summed E-state index contributed by atoms with van der Waals surface area (Å²) in [5.74, 6) is 0.129. The van der Waals surface area contributed by atoms with E-state index in [0.717, 1.165) is 12.0 Å². The molecule has 3 amide bonds. The molecule has 1 unspecified atom stereocenters. The number of aromatic nitrogens is 8. The highest BCUT2D eigenvalue weighted by atomic mass is 16.5. The zero-order valence-electron chi connectivity index (χ0n) is 35.1. The number of amides is 3. The van der Waals surface area contributed by atoms with Gasteiger partial charge in [-0.05, 0) is 70.5 Å². The van der Waals surface area contributed by atoms with E-state index in [2.05, 4.69) is 36.4 Å². The highest BCUT2D eigenvalue weighted by Gasteiger charge is 2.34. The third kappa shape index (κ3) is 8.59. The molecule has 0 radical (unpaired) electrons. The zero-order valence-corrected chi connectivity index (χ0v) is 35.1. The third-order valence-corrected chi connectivity index (χ3v) is 10.6. The molecule has 0 spiro atoms. The Labute approximate surface area is 357 Å². The number of imidazole rings is 2. The average Bonchev–Trinajstić information content (AvgIpc) is 4.11. The predicted molar refractivity (Wildman–Crippen MR) is 231 cm³/mol. The minimum absolute atomic E-state index is 0.208. The SMILES string of the molecule is CCn1nc(C)cc1C(=O)Nc1nc2cc(C=O)cc3c2n1C/C=C/CN1c2c(cc(C(=O)NCCCn4ccnc4)cc2OCCCO3)NC1NC(=O)c1cc(C)nn1CC. The van der Waals surface area contributed by atoms with Gasteiger partial charge in [-0.15, -0.1) is 0 Å². The summed E-state index contributed by atoms with van der Waals surface area (Å²) in [6, 6.07) is 10.3. The third-order valence-electron chi connectivity index (χ3n) is 10.6. The normalized spacial score (nSPS) is 15.4. The number of benzene rings is 2. The molecular formula is C43H49N13O6. The first-order valence-electron chi connectivity index (χ1n) is 20.7. The van der Waals surface area contributed by atoms with Gasteiger partial charge in [-0.25, -0.2) is 9.97 Å². The molecule has 0 saturated carbocycles. The summed E-state index contributed by atoms with van der Waals surface area (Å²) in [6.45, 7) is 10.6. The number of hydrogen-bond donors (Lipinski definition) is 4. The van der Waals surface area contributed by atoms with Gasteiger partial charge in [0.15, 0.2) is 6.29 Å². The molecule has 19 nitrogen and oxygen atoms in total. The Morgan fingerprint density at radius 1 is 0.887 bits per heavy atom. The highest BCUT2D eigenvalue weighted by molar-refractivity contribution is 6.04. The lowest BCUT2D eigenvalue weighted by molar-refractivity contribution is 0.0927. The molecule has 6 heterocycles. The van der Waals surface area contributed by atoms with Crippen molar-refractivity contribution in [2.75, 3.05) is 41.8 Å². The number of hydrogen-bond acceptors (Lipinski definition) is 12. The van der Waals surface area contributed by atoms with Crippen LogP contribution < -0.4 is 35.6 Å². The summed E-state index contributed by atoms with van der Waals surface area (Å²) in [7, 11) is 0. The first-order chi connectivity index (χ1) is 30.1. The van der Waals surface area contributed by atoms with Crippen LogP contribution in [0.2, 0.25) is 0 Å². The Morgan fingerprint density at radius 2 is 1.61 bits per heavy atom. The average molecular weight is 844 g/mol. The lowest BCUT2D eigenvalue weighted by Gasteiger charge is -2.27. The Hall–Kier alpha value is -7.44. The second-order valence-electron chi connectivity index (χ2n) is 15.0. The lowest BCUT2D eigenvalue weighted by atomic mass is 10.1. The van der Waals surface area contributed by atoms with E-state index in [0.29, 0.717) is 101 Å². The molecule has 62 heavy (non-hydrogen) atoms. The number of rotatable bonds is 12. The van der Waals surface area contributed by atoms with Gasteiger partial charge in [-0.2, -0.15) is 10.2 Å². The maximum Gasteiger partial charge on any atom is 0.276 e. The number of allylic oxidation sites excluding steroid dienone is 1. The maximum absolute atomic E-state index is 13.9. The van der Waals surface area contributed by atoms with Crippen molar-refractivity contribution in [2.24, 2.45) is 0 Å². The number of ether oxygens (including phenoxy) is 2. The number of nitrogens with one attached hydrogen (secondary N) is 4. The minimum Gasteiger partial charge on any atom is -0.491 e. The molecule has 0 saturated heterocycles. The molecule has 19 heteroatoms. The van der Waals surface area contributed by atoms with E-state index in [9.17, 15) is 19.2 Å². The molecule has 1 atom stereocenters. The number of aldehydes is 1. The van der Waals surface area contributed by atoms with Crippen LogP contribution >= 0.6 is 0 Å². The summed E-state index contributed by atoms with van der Waals surface area (Å²) >= 11 is 0. The van der Waals surface area contributed by atoms with Gasteiger partial charge in [0.25, 0.3) is 17.7 Å². The lowest BCUT2D eigenvalue weighted by Crippen LogP contribution is -2.50. The molecule has 322 valence electrons. The molecule has 0 aliphatic carbocycles. The van der Waals surface area contributed by atoms with Crippen molar-refractivity contribution in [3.63, 3.8) is 0 Å². The van der Waals surface area contributed by atoms with Crippen molar-refractivity contribution in [1.82, 2.24) is 49.3 Å². The van der Waals surface area contributed by atoms with Gasteiger partial charge >= 0.3 is 0 Å². The molecule has 2 aromatic carbocycles. The van der Waals surface area contributed by atoms with Crippen molar-refractivity contribution < 1.29 is 28.7 Å². The monoisotopic (exact) mass is 843 g/mol. The molecule has 6 aromatic rings. The van der Waals surface area contributed by atoms with E-state index in [1.54, 1.807) is 58.3 Å². The van der Waals surface area contributed by atoms with Crippen molar-refractivity contribution in [2.45, 2.75) is 73.0 Å². The number of nitrogens with zero attached hydrogens (tertiary/aromatic N) is 9. The Kier molecular flexibility index (Phi) is 12.0. The second-order valence-corrected chi connectivity index (χ2v) is 15.0. The summed E-state index contributed by atoms with van der Waals surface area (Å²) in [5, 5.41) is 21.5. The standard InChI is InChI=1S/C43H49N13O6/c1-5-55-33(19-27(3)50-55)40(59)48-42-46-31-21-29(25-57)22-35-37(31)53(42)14-7-8-15-54-38-32(47-43(54)49-41(60)34-20-28(4)51-56(34)6-2)23-30(24-36(38)62-18-10-17-61-35)39(58)45-11-9-13-52-16-12-44-26-52/h7-8,12,16,19-26,43,47H,5-6,9-11,13-15,17-18H2,1-4H3,(H,45,58)(H,49,60)(H,46,48,59)/b8-7+. The minimum atomic E-state index is -0.748. The van der Waals surface area contributed by atoms with Crippen molar-refractivity contribution in [1.29, 1.82) is 0 Å². The molecule has 2 aliphatic heterocycles. The van der Waals surface area contributed by atoms with Gasteiger partial charge in [0, 0.05) is 69.2 Å². The molecule has 4 N–H and O–H groups in total. The largest absolute Gasteiger partial charge is 0.491 e. The molecule has 0 fully saturated rings. The number of anilines is 3. The van der Waals surface area contributed by atoms with Gasteiger partial charge < -0.3 is 39.5 Å². The molecule has 4 aromatic heterocycles. The molecule has 0 bridgehead atoms.